The van der Waals surface area contributed by atoms with Gasteiger partial charge in [0.1, 0.15) is 17.0 Å². The lowest BCUT2D eigenvalue weighted by Gasteiger charge is -2.38. The van der Waals surface area contributed by atoms with Gasteiger partial charge in [-0.25, -0.2) is 4.79 Å². The van der Waals surface area contributed by atoms with E-state index >= 15 is 0 Å². The fourth-order valence-corrected chi connectivity index (χ4v) is 2.50. The first-order valence-electron chi connectivity index (χ1n) is 5.68. The standard InChI is InChI=1S/C13H14ClNO3/c1-17-11-7-12(18-2)10(14)6-9(11)13(15-8-16)4-3-5-13/h6-7H,3-5H2,1-2H3. The topological polar surface area (TPSA) is 47.9 Å². The van der Waals surface area contributed by atoms with Gasteiger partial charge in [-0.3, -0.25) is 0 Å². The first-order valence-corrected chi connectivity index (χ1v) is 6.05. The highest BCUT2D eigenvalue weighted by molar-refractivity contribution is 6.32. The molecule has 1 saturated carbocycles. The summed E-state index contributed by atoms with van der Waals surface area (Å²) in [5.74, 6) is 1.18. The van der Waals surface area contributed by atoms with Gasteiger partial charge in [0.25, 0.3) is 0 Å². The molecule has 0 saturated heterocycles. The van der Waals surface area contributed by atoms with Crippen molar-refractivity contribution in [3.8, 4) is 11.5 Å². The van der Waals surface area contributed by atoms with Gasteiger partial charge >= 0.3 is 0 Å². The molecule has 0 aliphatic heterocycles. The Bertz CT molecular complexity index is 505. The SMILES string of the molecule is COc1cc(OC)c(C2(N=C=O)CCC2)cc1Cl. The Hall–Kier alpha value is -1.51. The van der Waals surface area contributed by atoms with E-state index in [1.807, 2.05) is 0 Å². The number of halogens is 1. The number of ether oxygens (including phenoxy) is 2. The number of methoxy groups -OCH3 is 2. The number of hydrogen-bond donors (Lipinski definition) is 0. The fourth-order valence-electron chi connectivity index (χ4n) is 2.26. The quantitative estimate of drug-likeness (QED) is 0.622. The maximum Gasteiger partial charge on any atom is 0.235 e. The monoisotopic (exact) mass is 267 g/mol. The van der Waals surface area contributed by atoms with Crippen molar-refractivity contribution < 1.29 is 14.3 Å². The molecular formula is C13H14ClNO3. The molecular weight excluding hydrogens is 254 g/mol. The molecule has 0 amide bonds. The third kappa shape index (κ3) is 1.98. The first-order chi connectivity index (χ1) is 8.66. The van der Waals surface area contributed by atoms with E-state index in [2.05, 4.69) is 4.99 Å². The number of carbonyl (C=O) groups excluding carboxylic acids is 1. The van der Waals surface area contributed by atoms with Crippen molar-refractivity contribution in [2.75, 3.05) is 14.2 Å². The van der Waals surface area contributed by atoms with Crippen molar-refractivity contribution in [1.29, 1.82) is 0 Å². The lowest BCUT2D eigenvalue weighted by atomic mass is 9.72. The highest BCUT2D eigenvalue weighted by Crippen LogP contribution is 2.50. The summed E-state index contributed by atoms with van der Waals surface area (Å²) in [6.07, 6.45) is 4.29. The molecule has 1 aromatic rings. The Morgan fingerprint density at radius 1 is 1.28 bits per heavy atom. The highest BCUT2D eigenvalue weighted by Gasteiger charge is 2.41. The van der Waals surface area contributed by atoms with E-state index in [-0.39, 0.29) is 0 Å². The summed E-state index contributed by atoms with van der Waals surface area (Å²) in [5.41, 5.74) is 0.300. The van der Waals surface area contributed by atoms with Gasteiger partial charge in [0.15, 0.2) is 0 Å². The van der Waals surface area contributed by atoms with E-state index in [1.165, 1.54) is 0 Å². The lowest BCUT2D eigenvalue weighted by molar-refractivity contribution is 0.245. The molecule has 0 heterocycles. The minimum absolute atomic E-state index is 0.487. The molecule has 0 bridgehead atoms. The molecule has 4 nitrogen and oxygen atoms in total. The Kier molecular flexibility index (Phi) is 3.60. The van der Waals surface area contributed by atoms with Gasteiger partial charge in [-0.05, 0) is 25.3 Å². The molecule has 1 aromatic carbocycles. The van der Waals surface area contributed by atoms with Crippen LogP contribution in [0.3, 0.4) is 0 Å². The third-order valence-corrected chi connectivity index (χ3v) is 3.71. The summed E-state index contributed by atoms with van der Waals surface area (Å²) in [7, 11) is 3.12. The average molecular weight is 268 g/mol. The molecule has 18 heavy (non-hydrogen) atoms. The second kappa shape index (κ2) is 5.01. The maximum absolute atomic E-state index is 10.6. The molecule has 0 N–H and O–H groups in total. The van der Waals surface area contributed by atoms with Crippen LogP contribution >= 0.6 is 11.6 Å². The second-order valence-corrected chi connectivity index (χ2v) is 4.68. The maximum atomic E-state index is 10.6. The van der Waals surface area contributed by atoms with Crippen LogP contribution in [0.5, 0.6) is 11.5 Å². The summed E-state index contributed by atoms with van der Waals surface area (Å²) < 4.78 is 10.5. The van der Waals surface area contributed by atoms with E-state index < -0.39 is 5.54 Å². The molecule has 0 radical (unpaired) electrons. The highest BCUT2D eigenvalue weighted by atomic mass is 35.5. The minimum Gasteiger partial charge on any atom is -0.496 e. The van der Waals surface area contributed by atoms with Gasteiger partial charge in [0.2, 0.25) is 6.08 Å². The van der Waals surface area contributed by atoms with E-state index in [9.17, 15) is 4.79 Å². The number of benzene rings is 1. The van der Waals surface area contributed by atoms with Crippen LogP contribution in [0.2, 0.25) is 5.02 Å². The summed E-state index contributed by atoms with van der Waals surface area (Å²) >= 11 is 6.12. The van der Waals surface area contributed by atoms with Gasteiger partial charge in [-0.1, -0.05) is 11.6 Å². The number of hydrogen-bond acceptors (Lipinski definition) is 4. The molecule has 2 rings (SSSR count). The fraction of sp³-hybridized carbons (Fsp3) is 0.462. The Balaban J connectivity index is 2.55. The Morgan fingerprint density at radius 2 is 1.94 bits per heavy atom. The smallest absolute Gasteiger partial charge is 0.235 e. The molecule has 1 aliphatic rings. The molecule has 96 valence electrons. The van der Waals surface area contributed by atoms with Crippen molar-refractivity contribution >= 4 is 17.7 Å². The van der Waals surface area contributed by atoms with Crippen molar-refractivity contribution in [2.45, 2.75) is 24.8 Å². The molecule has 1 fully saturated rings. The molecule has 1 aliphatic carbocycles. The van der Waals surface area contributed by atoms with Crippen molar-refractivity contribution in [2.24, 2.45) is 4.99 Å². The molecule has 0 unspecified atom stereocenters. The van der Waals surface area contributed by atoms with Gasteiger partial charge in [0, 0.05) is 11.6 Å². The van der Waals surface area contributed by atoms with Crippen LogP contribution in [-0.2, 0) is 10.3 Å². The number of nitrogens with zero attached hydrogens (tertiary/aromatic N) is 1. The number of rotatable bonds is 4. The van der Waals surface area contributed by atoms with Crippen LogP contribution in [0.15, 0.2) is 17.1 Å². The van der Waals surface area contributed by atoms with Gasteiger partial charge in [-0.15, -0.1) is 0 Å². The zero-order chi connectivity index (χ0) is 13.2. The predicted octanol–water partition coefficient (Wildman–Crippen LogP) is 3.07. The van der Waals surface area contributed by atoms with Crippen molar-refractivity contribution in [3.05, 3.63) is 22.7 Å². The van der Waals surface area contributed by atoms with E-state index in [1.54, 1.807) is 32.4 Å². The normalized spacial score (nSPS) is 16.4. The van der Waals surface area contributed by atoms with Crippen LogP contribution in [0.4, 0.5) is 0 Å². The third-order valence-electron chi connectivity index (χ3n) is 3.42. The number of aliphatic imine (C=N–C) groups is 1. The predicted molar refractivity (Wildman–Crippen MR) is 68.2 cm³/mol. The molecule has 0 atom stereocenters. The van der Waals surface area contributed by atoms with Gasteiger partial charge in [-0.2, -0.15) is 4.99 Å². The first kappa shape index (κ1) is 12.9. The van der Waals surface area contributed by atoms with Crippen LogP contribution in [0.25, 0.3) is 0 Å². The van der Waals surface area contributed by atoms with Crippen LogP contribution in [0, 0.1) is 0 Å². The van der Waals surface area contributed by atoms with Crippen LogP contribution < -0.4 is 9.47 Å². The van der Waals surface area contributed by atoms with Crippen molar-refractivity contribution in [1.82, 2.24) is 0 Å². The van der Waals surface area contributed by atoms with Crippen LogP contribution in [-0.4, -0.2) is 20.3 Å². The van der Waals surface area contributed by atoms with Gasteiger partial charge in [0.05, 0.1) is 19.2 Å². The second-order valence-electron chi connectivity index (χ2n) is 4.28. The molecule has 0 aromatic heterocycles. The molecule has 0 spiro atoms. The number of isocyanates is 1. The van der Waals surface area contributed by atoms with E-state index in [4.69, 9.17) is 21.1 Å². The Labute approximate surface area is 111 Å². The minimum atomic E-state index is -0.525. The summed E-state index contributed by atoms with van der Waals surface area (Å²) in [5, 5.41) is 0.487. The zero-order valence-electron chi connectivity index (χ0n) is 10.3. The zero-order valence-corrected chi connectivity index (χ0v) is 11.1. The van der Waals surface area contributed by atoms with Crippen molar-refractivity contribution in [3.63, 3.8) is 0 Å². The van der Waals surface area contributed by atoms with E-state index in [0.717, 1.165) is 24.8 Å². The van der Waals surface area contributed by atoms with Gasteiger partial charge < -0.3 is 9.47 Å². The van der Waals surface area contributed by atoms with E-state index in [0.29, 0.717) is 16.5 Å². The lowest BCUT2D eigenvalue weighted by Crippen LogP contribution is -2.32. The average Bonchev–Trinajstić information content (AvgIpc) is 2.33. The summed E-state index contributed by atoms with van der Waals surface area (Å²) in [6, 6.07) is 3.48. The Morgan fingerprint density at radius 3 is 2.39 bits per heavy atom. The molecule has 5 heteroatoms. The summed E-state index contributed by atoms with van der Waals surface area (Å²) in [4.78, 5) is 14.6. The largest absolute Gasteiger partial charge is 0.496 e. The van der Waals surface area contributed by atoms with Crippen LogP contribution in [0.1, 0.15) is 24.8 Å². The summed E-state index contributed by atoms with van der Waals surface area (Å²) in [6.45, 7) is 0.